The minimum atomic E-state index is -1.27. The van der Waals surface area contributed by atoms with Crippen molar-refractivity contribution in [1.29, 1.82) is 0 Å². The van der Waals surface area contributed by atoms with Gasteiger partial charge < -0.3 is 39.0 Å². The van der Waals surface area contributed by atoms with E-state index in [1.165, 1.54) is 37.1 Å². The lowest BCUT2D eigenvalue weighted by Gasteiger charge is -2.36. The van der Waals surface area contributed by atoms with Gasteiger partial charge in [-0.15, -0.1) is 0 Å². The largest absolute Gasteiger partial charge is 0.561 e. The van der Waals surface area contributed by atoms with Gasteiger partial charge in [0.05, 0.1) is 35.1 Å². The first kappa shape index (κ1) is 48.3. The van der Waals surface area contributed by atoms with Crippen molar-refractivity contribution in [3.05, 3.63) is 70.8 Å². The maximum absolute atomic E-state index is 13.2. The third-order valence-corrected chi connectivity index (χ3v) is 11.4. The molecule has 0 fully saturated rings. The number of rotatable bonds is 26. The Kier molecular flexibility index (Phi) is 19.0. The van der Waals surface area contributed by atoms with Crippen molar-refractivity contribution in [1.82, 2.24) is 0 Å². The van der Waals surface area contributed by atoms with E-state index in [9.17, 15) is 19.8 Å². The second-order valence-electron chi connectivity index (χ2n) is 17.2. The fraction of sp³-hybridized carbons (Fsp3) is 0.689. The highest BCUT2D eigenvalue weighted by atomic mass is 16.6. The van der Waals surface area contributed by atoms with Crippen molar-refractivity contribution in [3.8, 4) is 0 Å². The van der Waals surface area contributed by atoms with E-state index in [1.807, 2.05) is 20.8 Å². The number of benzene rings is 2. The Labute approximate surface area is 331 Å². The second kappa shape index (κ2) is 21.6. The predicted octanol–water partition coefficient (Wildman–Crippen LogP) is 9.37. The third-order valence-electron chi connectivity index (χ3n) is 11.4. The molecule has 0 aromatic heterocycles. The Hall–Kier alpha value is -2.86. The first-order chi connectivity index (χ1) is 25.6. The van der Waals surface area contributed by atoms with Crippen LogP contribution in [0.3, 0.4) is 0 Å². The van der Waals surface area contributed by atoms with Crippen LogP contribution < -0.4 is 0 Å². The average Bonchev–Trinajstić information content (AvgIpc) is 3.13. The summed E-state index contributed by atoms with van der Waals surface area (Å²) in [6.45, 7) is 25.3. The van der Waals surface area contributed by atoms with Gasteiger partial charge in [-0.3, -0.25) is 0 Å². The van der Waals surface area contributed by atoms with Gasteiger partial charge in [-0.1, -0.05) is 77.6 Å². The molecule has 0 aliphatic carbocycles. The number of unbranched alkanes of at least 4 members (excludes halogenated alkanes) is 3. The number of hydrogen-bond acceptors (Lipinski definition) is 9. The van der Waals surface area contributed by atoms with Crippen molar-refractivity contribution in [2.75, 3.05) is 13.2 Å². The van der Waals surface area contributed by atoms with Crippen molar-refractivity contribution >= 4 is 11.9 Å². The molecule has 2 aromatic carbocycles. The van der Waals surface area contributed by atoms with E-state index < -0.39 is 41.8 Å². The Morgan fingerprint density at radius 2 is 1.27 bits per heavy atom. The van der Waals surface area contributed by atoms with E-state index in [0.717, 1.165) is 45.1 Å². The zero-order chi connectivity index (χ0) is 41.6. The zero-order valence-electron chi connectivity index (χ0n) is 35.8. The van der Waals surface area contributed by atoms with E-state index in [0.29, 0.717) is 23.3 Å². The van der Waals surface area contributed by atoms with E-state index in [1.54, 1.807) is 45.0 Å². The second-order valence-corrected chi connectivity index (χ2v) is 17.2. The van der Waals surface area contributed by atoms with E-state index in [-0.39, 0.29) is 28.6 Å². The first-order valence-electron chi connectivity index (χ1n) is 20.2. The maximum Gasteiger partial charge on any atom is 0.549 e. The molecule has 0 amide bonds. The minimum Gasteiger partial charge on any atom is -0.561 e. The van der Waals surface area contributed by atoms with E-state index >= 15 is 0 Å². The number of aliphatic hydroxyl groups is 2. The molecule has 0 spiro atoms. The van der Waals surface area contributed by atoms with Gasteiger partial charge in [0.2, 0.25) is 0 Å². The van der Waals surface area contributed by atoms with Crippen molar-refractivity contribution < 1.29 is 48.6 Å². The fourth-order valence-electron chi connectivity index (χ4n) is 6.08. The topological polar surface area (TPSA) is 144 Å². The number of carbonyl (C=O) groups is 2. The Morgan fingerprint density at radius 3 is 1.82 bits per heavy atom. The van der Waals surface area contributed by atoms with Crippen LogP contribution >= 0.6 is 0 Å². The highest BCUT2D eigenvalue weighted by molar-refractivity contribution is 5.89. The molecular weight excluding hydrogens is 700 g/mol. The summed E-state index contributed by atoms with van der Waals surface area (Å²) in [6.07, 6.45) is 5.71. The van der Waals surface area contributed by atoms with Crippen LogP contribution in [0.4, 0.5) is 0 Å². The number of aliphatic hydroxyl groups excluding tert-OH is 2. The van der Waals surface area contributed by atoms with Crippen LogP contribution in [0.25, 0.3) is 0 Å². The summed E-state index contributed by atoms with van der Waals surface area (Å²) in [5, 5.41) is 28.8. The van der Waals surface area contributed by atoms with Crippen molar-refractivity contribution in [2.24, 2.45) is 11.8 Å². The normalized spacial score (nSPS) is 16.5. The van der Waals surface area contributed by atoms with Crippen LogP contribution in [0, 0.1) is 11.8 Å². The summed E-state index contributed by atoms with van der Waals surface area (Å²) in [7, 11) is 0. The van der Waals surface area contributed by atoms with Gasteiger partial charge in [0.1, 0.15) is 11.2 Å². The smallest absolute Gasteiger partial charge is 0.549 e. The molecule has 0 aliphatic rings. The molecule has 10 nitrogen and oxygen atoms in total. The van der Waals surface area contributed by atoms with Crippen LogP contribution in [-0.2, 0) is 23.7 Å². The molecule has 4 N–H and O–H groups in total. The van der Waals surface area contributed by atoms with Crippen LogP contribution in [0.1, 0.15) is 179 Å². The molecule has 2 rings (SSSR count). The molecule has 0 aliphatic heterocycles. The Balaban J connectivity index is 1.84. The summed E-state index contributed by atoms with van der Waals surface area (Å²) >= 11 is 0. The van der Waals surface area contributed by atoms with Crippen molar-refractivity contribution in [3.63, 3.8) is 0 Å². The zero-order valence-corrected chi connectivity index (χ0v) is 35.8. The van der Waals surface area contributed by atoms with Crippen LogP contribution in [-0.4, -0.2) is 69.0 Å². The van der Waals surface area contributed by atoms with Crippen molar-refractivity contribution in [2.45, 2.75) is 176 Å². The van der Waals surface area contributed by atoms with Gasteiger partial charge in [0.15, 0.2) is 12.6 Å². The van der Waals surface area contributed by atoms with Crippen LogP contribution in [0.15, 0.2) is 48.5 Å². The van der Waals surface area contributed by atoms with Gasteiger partial charge in [-0.25, -0.2) is 4.79 Å². The number of hydrogen-bond donors (Lipinski definition) is 2. The van der Waals surface area contributed by atoms with Crippen LogP contribution in [0.5, 0.6) is 0 Å². The quantitative estimate of drug-likeness (QED) is 0.0414. The molecule has 55 heavy (non-hydrogen) atoms. The molecule has 2 aromatic rings. The van der Waals surface area contributed by atoms with Gasteiger partial charge >= 0.3 is 11.9 Å². The molecule has 0 bridgehead atoms. The highest BCUT2D eigenvalue weighted by Crippen LogP contribution is 2.32. The summed E-state index contributed by atoms with van der Waals surface area (Å²) in [6, 6.07) is 12.5. The SMILES string of the molecule is CCCCC(C)(CC)OCCCCCC(C)(C)OCC(C)C(C)(C)OC(O)c1ccc(C(=O)OC(C)(C)C(C)C(C)OC(O)c2ccc(C(=O)[OH2+])cc2)cc1. The Morgan fingerprint density at radius 1 is 0.709 bits per heavy atom. The van der Waals surface area contributed by atoms with E-state index in [4.69, 9.17) is 28.8 Å². The predicted molar refractivity (Wildman–Crippen MR) is 217 cm³/mol. The molecule has 0 heterocycles. The van der Waals surface area contributed by atoms with E-state index in [2.05, 4.69) is 41.5 Å². The first-order valence-corrected chi connectivity index (χ1v) is 20.2. The molecular formula is C45H73O10+. The summed E-state index contributed by atoms with van der Waals surface area (Å²) in [4.78, 5) is 24.4. The standard InChI is InChI=1S/C45H72O10/c1-13-15-28-45(12,14-2)51-29-18-16-17-27-42(6,7)52-30-31(3)43(8,9)54-40(49)36-23-25-37(26-24-36)41(50)55-44(10,11)32(4)33(5)53-39(48)35-21-19-34(20-22-35)38(46)47/h19-26,31-33,39-40,48-49H,13-18,27-30H2,1-12H3,(H,46,47)/p+1. The number of esters is 1. The van der Waals surface area contributed by atoms with Gasteiger partial charge in [0.25, 0.3) is 0 Å². The lowest BCUT2D eigenvalue weighted by molar-refractivity contribution is -0.204. The summed E-state index contributed by atoms with van der Waals surface area (Å²) in [5.74, 6) is -1.68. The fourth-order valence-corrected chi connectivity index (χ4v) is 6.08. The Bertz CT molecular complexity index is 1430. The maximum atomic E-state index is 13.2. The lowest BCUT2D eigenvalue weighted by Crippen LogP contribution is -2.41. The minimum absolute atomic E-state index is 0.0136. The number of carbonyl (C=O) groups excluding carboxylic acids is 2. The average molecular weight is 774 g/mol. The van der Waals surface area contributed by atoms with Gasteiger partial charge in [-0.2, -0.15) is 0 Å². The molecule has 0 saturated carbocycles. The number of ether oxygens (including phenoxy) is 5. The monoisotopic (exact) mass is 774 g/mol. The summed E-state index contributed by atoms with van der Waals surface area (Å²) < 4.78 is 30.5. The molecule has 6 atom stereocenters. The molecule has 312 valence electrons. The lowest BCUT2D eigenvalue weighted by atomic mass is 9.88. The molecule has 6 unspecified atom stereocenters. The van der Waals surface area contributed by atoms with Gasteiger partial charge in [-0.05, 0) is 105 Å². The summed E-state index contributed by atoms with van der Waals surface area (Å²) in [5.41, 5.74) is -0.482. The van der Waals surface area contributed by atoms with Crippen LogP contribution in [0.2, 0.25) is 0 Å². The molecule has 0 saturated heterocycles. The molecule has 10 heteroatoms. The van der Waals surface area contributed by atoms with Gasteiger partial charge in [0, 0.05) is 34.4 Å². The highest BCUT2D eigenvalue weighted by Gasteiger charge is 2.36. The molecule has 0 radical (unpaired) electrons. The third kappa shape index (κ3) is 15.9.